The molecule has 3 atom stereocenters. The fraction of sp³-hybridized carbons (Fsp3) is 1.00. The predicted molar refractivity (Wildman–Crippen MR) is 62.8 cm³/mol. The van der Waals surface area contributed by atoms with Crippen molar-refractivity contribution in [3.8, 4) is 0 Å². The van der Waals surface area contributed by atoms with E-state index in [0.717, 1.165) is 18.3 Å². The van der Waals surface area contributed by atoms with E-state index in [0.29, 0.717) is 12.5 Å². The van der Waals surface area contributed by atoms with Gasteiger partial charge in [0.2, 0.25) is 0 Å². The molecule has 0 saturated heterocycles. The Labute approximate surface area is 94.0 Å². The van der Waals surface area contributed by atoms with Crippen molar-refractivity contribution in [2.45, 2.75) is 52.1 Å². The molecule has 0 amide bonds. The van der Waals surface area contributed by atoms with Crippen molar-refractivity contribution < 1.29 is 9.84 Å². The first-order valence-electron chi connectivity index (χ1n) is 6.17. The van der Waals surface area contributed by atoms with Gasteiger partial charge in [0.25, 0.3) is 0 Å². The summed E-state index contributed by atoms with van der Waals surface area (Å²) in [6.45, 7) is 7.23. The average molecular weight is 214 g/mol. The van der Waals surface area contributed by atoms with E-state index >= 15 is 0 Å². The van der Waals surface area contributed by atoms with E-state index < -0.39 is 5.60 Å². The van der Waals surface area contributed by atoms with Gasteiger partial charge in [-0.3, -0.25) is 0 Å². The largest absolute Gasteiger partial charge is 0.390 e. The second-order valence-electron chi connectivity index (χ2n) is 5.71. The summed E-state index contributed by atoms with van der Waals surface area (Å²) < 4.78 is 5.06. The Morgan fingerprint density at radius 1 is 1.20 bits per heavy atom. The van der Waals surface area contributed by atoms with Crippen molar-refractivity contribution in [2.75, 3.05) is 13.7 Å². The van der Waals surface area contributed by atoms with Gasteiger partial charge in [-0.05, 0) is 50.4 Å². The van der Waals surface area contributed by atoms with Gasteiger partial charge in [-0.1, -0.05) is 13.8 Å². The number of hydrogen-bond donors (Lipinski definition) is 1. The third kappa shape index (κ3) is 3.76. The molecule has 0 aromatic carbocycles. The highest BCUT2D eigenvalue weighted by atomic mass is 16.5. The van der Waals surface area contributed by atoms with Crippen LogP contribution in [0.2, 0.25) is 0 Å². The fourth-order valence-corrected chi connectivity index (χ4v) is 2.97. The first kappa shape index (κ1) is 13.0. The van der Waals surface area contributed by atoms with Crippen LogP contribution in [-0.4, -0.2) is 24.4 Å². The molecule has 0 bridgehead atoms. The Morgan fingerprint density at radius 2 is 1.73 bits per heavy atom. The lowest BCUT2D eigenvalue weighted by Gasteiger charge is -2.40. The molecule has 1 aliphatic rings. The lowest BCUT2D eigenvalue weighted by molar-refractivity contribution is -0.0525. The van der Waals surface area contributed by atoms with Crippen molar-refractivity contribution in [1.82, 2.24) is 0 Å². The van der Waals surface area contributed by atoms with Crippen LogP contribution in [0.25, 0.3) is 0 Å². The van der Waals surface area contributed by atoms with Crippen molar-refractivity contribution in [3.63, 3.8) is 0 Å². The Bertz CT molecular complexity index is 179. The summed E-state index contributed by atoms with van der Waals surface area (Å²) in [6, 6.07) is 0. The molecule has 2 nitrogen and oxygen atoms in total. The molecule has 15 heavy (non-hydrogen) atoms. The normalized spacial score (nSPS) is 36.2. The van der Waals surface area contributed by atoms with Gasteiger partial charge in [-0.25, -0.2) is 0 Å². The lowest BCUT2D eigenvalue weighted by atomic mass is 9.69. The van der Waals surface area contributed by atoms with Gasteiger partial charge >= 0.3 is 0 Å². The number of aliphatic hydroxyl groups is 1. The lowest BCUT2D eigenvalue weighted by Crippen LogP contribution is -2.40. The molecule has 0 aromatic rings. The SMILES string of the molecule is COCCC(C)(O)C1CC(C)CC(C)C1. The first-order valence-corrected chi connectivity index (χ1v) is 6.17. The summed E-state index contributed by atoms with van der Waals surface area (Å²) in [4.78, 5) is 0. The fourth-order valence-electron chi connectivity index (χ4n) is 2.97. The molecule has 0 aromatic heterocycles. The van der Waals surface area contributed by atoms with Gasteiger partial charge in [0.1, 0.15) is 0 Å². The summed E-state index contributed by atoms with van der Waals surface area (Å²) in [7, 11) is 1.70. The topological polar surface area (TPSA) is 29.5 Å². The molecule has 2 heteroatoms. The maximum absolute atomic E-state index is 10.4. The van der Waals surface area contributed by atoms with Crippen molar-refractivity contribution in [2.24, 2.45) is 17.8 Å². The average Bonchev–Trinajstić information content (AvgIpc) is 2.13. The minimum atomic E-state index is -0.543. The molecule has 1 fully saturated rings. The van der Waals surface area contributed by atoms with Crippen molar-refractivity contribution >= 4 is 0 Å². The monoisotopic (exact) mass is 214 g/mol. The highest BCUT2D eigenvalue weighted by molar-refractivity contribution is 4.87. The molecule has 0 spiro atoms. The van der Waals surface area contributed by atoms with Crippen LogP contribution in [0, 0.1) is 17.8 Å². The van der Waals surface area contributed by atoms with Gasteiger partial charge < -0.3 is 9.84 Å². The molecular weight excluding hydrogens is 188 g/mol. The van der Waals surface area contributed by atoms with E-state index in [-0.39, 0.29) is 0 Å². The van der Waals surface area contributed by atoms with Crippen molar-refractivity contribution in [1.29, 1.82) is 0 Å². The summed E-state index contributed by atoms with van der Waals surface area (Å²) in [5.41, 5.74) is -0.543. The Morgan fingerprint density at radius 3 is 2.20 bits per heavy atom. The van der Waals surface area contributed by atoms with E-state index in [9.17, 15) is 5.11 Å². The second kappa shape index (κ2) is 5.31. The minimum Gasteiger partial charge on any atom is -0.390 e. The smallest absolute Gasteiger partial charge is 0.0669 e. The van der Waals surface area contributed by atoms with Crippen LogP contribution in [0.15, 0.2) is 0 Å². The zero-order valence-corrected chi connectivity index (χ0v) is 10.6. The maximum Gasteiger partial charge on any atom is 0.0669 e. The summed E-state index contributed by atoms with van der Waals surface area (Å²) in [5.74, 6) is 1.96. The zero-order chi connectivity index (χ0) is 11.5. The van der Waals surface area contributed by atoms with Crippen LogP contribution in [0.3, 0.4) is 0 Å². The molecular formula is C13H26O2. The summed E-state index contributed by atoms with van der Waals surface area (Å²) in [6.07, 6.45) is 4.41. The number of methoxy groups -OCH3 is 1. The molecule has 1 N–H and O–H groups in total. The van der Waals surface area contributed by atoms with E-state index in [2.05, 4.69) is 13.8 Å². The standard InChI is InChI=1S/C13H26O2/c1-10-7-11(2)9-12(8-10)13(3,14)5-6-15-4/h10-12,14H,5-9H2,1-4H3. The van der Waals surface area contributed by atoms with Crippen LogP contribution in [0.4, 0.5) is 0 Å². The molecule has 3 unspecified atom stereocenters. The molecule has 90 valence electrons. The number of hydrogen-bond acceptors (Lipinski definition) is 2. The molecule has 0 aliphatic heterocycles. The second-order valence-corrected chi connectivity index (χ2v) is 5.71. The summed E-state index contributed by atoms with van der Waals surface area (Å²) >= 11 is 0. The first-order chi connectivity index (χ1) is 6.95. The quantitative estimate of drug-likeness (QED) is 0.779. The number of rotatable bonds is 4. The van der Waals surface area contributed by atoms with Gasteiger partial charge in [0.05, 0.1) is 5.60 Å². The Balaban J connectivity index is 2.52. The van der Waals surface area contributed by atoms with Crippen molar-refractivity contribution in [3.05, 3.63) is 0 Å². The Hall–Kier alpha value is -0.0800. The molecule has 1 aliphatic carbocycles. The molecule has 0 radical (unpaired) electrons. The zero-order valence-electron chi connectivity index (χ0n) is 10.6. The Kier molecular flexibility index (Phi) is 4.60. The van der Waals surface area contributed by atoms with Gasteiger partial charge in [-0.2, -0.15) is 0 Å². The number of ether oxygens (including phenoxy) is 1. The maximum atomic E-state index is 10.4. The van der Waals surface area contributed by atoms with E-state index in [1.807, 2.05) is 6.92 Å². The van der Waals surface area contributed by atoms with Crippen LogP contribution in [-0.2, 0) is 4.74 Å². The third-order valence-electron chi connectivity index (χ3n) is 3.87. The predicted octanol–water partition coefficient (Wildman–Crippen LogP) is 2.85. The van der Waals surface area contributed by atoms with E-state index in [1.165, 1.54) is 19.3 Å². The van der Waals surface area contributed by atoms with Gasteiger partial charge in [0.15, 0.2) is 0 Å². The van der Waals surface area contributed by atoms with Gasteiger partial charge in [0, 0.05) is 13.7 Å². The summed E-state index contributed by atoms with van der Waals surface area (Å²) in [5, 5.41) is 10.4. The molecule has 1 saturated carbocycles. The van der Waals surface area contributed by atoms with Crippen LogP contribution < -0.4 is 0 Å². The minimum absolute atomic E-state index is 0.450. The van der Waals surface area contributed by atoms with Crippen LogP contribution in [0.5, 0.6) is 0 Å². The van der Waals surface area contributed by atoms with Crippen LogP contribution in [0.1, 0.15) is 46.5 Å². The van der Waals surface area contributed by atoms with Gasteiger partial charge in [-0.15, -0.1) is 0 Å². The third-order valence-corrected chi connectivity index (χ3v) is 3.87. The molecule has 1 rings (SSSR count). The molecule has 0 heterocycles. The van der Waals surface area contributed by atoms with E-state index in [4.69, 9.17) is 4.74 Å². The highest BCUT2D eigenvalue weighted by Crippen LogP contribution is 2.39. The van der Waals surface area contributed by atoms with E-state index in [1.54, 1.807) is 7.11 Å². The highest BCUT2D eigenvalue weighted by Gasteiger charge is 2.36. The van der Waals surface area contributed by atoms with Crippen LogP contribution >= 0.6 is 0 Å².